The number of ether oxygens (including phenoxy) is 1. The number of carbonyl (C=O) groups is 1. The van der Waals surface area contributed by atoms with Crippen molar-refractivity contribution in [1.29, 1.82) is 0 Å². The van der Waals surface area contributed by atoms with E-state index in [-0.39, 0.29) is 17.0 Å². The number of hydrogen-bond donors (Lipinski definition) is 2. The number of hydrogen-bond acceptors (Lipinski definition) is 5. The molecule has 0 aromatic carbocycles. The Hall–Kier alpha value is -1.14. The minimum absolute atomic E-state index is 0.273. The maximum absolute atomic E-state index is 10.8. The van der Waals surface area contributed by atoms with Gasteiger partial charge in [-0.2, -0.15) is 0 Å². The van der Waals surface area contributed by atoms with Crippen molar-refractivity contribution in [3.05, 3.63) is 11.1 Å². The summed E-state index contributed by atoms with van der Waals surface area (Å²) in [6.07, 6.45) is 5.16. The zero-order valence-electron chi connectivity index (χ0n) is 9.26. The minimum Gasteiger partial charge on any atom is -0.477 e. The summed E-state index contributed by atoms with van der Waals surface area (Å²) < 4.78 is 5.71. The first-order chi connectivity index (χ1) is 8.24. The number of nitrogens with zero attached hydrogens (tertiary/aromatic N) is 1. The molecule has 1 saturated carbocycles. The van der Waals surface area contributed by atoms with Crippen molar-refractivity contribution in [1.82, 2.24) is 4.98 Å². The van der Waals surface area contributed by atoms with Crippen molar-refractivity contribution in [3.63, 3.8) is 0 Å². The van der Waals surface area contributed by atoms with Crippen LogP contribution in [0.15, 0.2) is 6.20 Å². The van der Waals surface area contributed by atoms with E-state index in [1.807, 2.05) is 0 Å². The van der Waals surface area contributed by atoms with Crippen molar-refractivity contribution in [3.8, 4) is 0 Å². The van der Waals surface area contributed by atoms with E-state index in [4.69, 9.17) is 9.84 Å². The van der Waals surface area contributed by atoms with Crippen LogP contribution in [0.4, 0.5) is 5.13 Å². The molecule has 1 aromatic rings. The summed E-state index contributed by atoms with van der Waals surface area (Å²) in [4.78, 5) is 15.1. The lowest BCUT2D eigenvalue weighted by molar-refractivity contribution is 0.0702. The summed E-state index contributed by atoms with van der Waals surface area (Å²) in [6, 6.07) is 0.287. The van der Waals surface area contributed by atoms with Gasteiger partial charge in [-0.25, -0.2) is 9.78 Å². The predicted molar refractivity (Wildman–Crippen MR) is 63.6 cm³/mol. The molecule has 2 fully saturated rings. The van der Waals surface area contributed by atoms with Gasteiger partial charge in [0.15, 0.2) is 5.13 Å². The third-order valence-corrected chi connectivity index (χ3v) is 4.16. The number of nitrogens with one attached hydrogen (secondary N) is 1. The van der Waals surface area contributed by atoms with E-state index in [1.165, 1.54) is 30.4 Å². The second-order valence-corrected chi connectivity index (χ2v) is 5.58. The molecule has 2 heterocycles. The van der Waals surface area contributed by atoms with Crippen LogP contribution >= 0.6 is 11.3 Å². The third kappa shape index (κ3) is 2.28. The first-order valence-electron chi connectivity index (χ1n) is 5.81. The monoisotopic (exact) mass is 254 g/mol. The molecule has 0 spiro atoms. The molecule has 5 nitrogen and oxygen atoms in total. The Morgan fingerprint density at radius 1 is 1.53 bits per heavy atom. The predicted octanol–water partition coefficient (Wildman–Crippen LogP) is 1.82. The summed E-state index contributed by atoms with van der Waals surface area (Å²) in [5.74, 6) is -0.231. The molecule has 2 unspecified atom stereocenters. The maximum Gasteiger partial charge on any atom is 0.347 e. The Morgan fingerprint density at radius 2 is 2.35 bits per heavy atom. The molecule has 3 rings (SSSR count). The molecule has 17 heavy (non-hydrogen) atoms. The number of rotatable bonds is 4. The molecule has 2 atom stereocenters. The minimum atomic E-state index is -0.919. The van der Waals surface area contributed by atoms with Crippen molar-refractivity contribution in [2.24, 2.45) is 5.92 Å². The van der Waals surface area contributed by atoms with Crippen molar-refractivity contribution in [2.75, 3.05) is 11.9 Å². The molecule has 0 bridgehead atoms. The van der Waals surface area contributed by atoms with Gasteiger partial charge in [0, 0.05) is 6.61 Å². The molecule has 1 saturated heterocycles. The van der Waals surface area contributed by atoms with Crippen LogP contribution in [0.25, 0.3) is 0 Å². The Kier molecular flexibility index (Phi) is 2.76. The maximum atomic E-state index is 10.8. The second kappa shape index (κ2) is 4.27. The van der Waals surface area contributed by atoms with Gasteiger partial charge in [0.25, 0.3) is 0 Å². The number of carboxylic acid groups (broad SMARTS) is 1. The number of carboxylic acids is 1. The lowest BCUT2D eigenvalue weighted by Gasteiger charge is -2.18. The summed E-state index contributed by atoms with van der Waals surface area (Å²) in [6.45, 7) is 0.788. The molecule has 2 aliphatic rings. The summed E-state index contributed by atoms with van der Waals surface area (Å²) in [5, 5.41) is 12.8. The highest BCUT2D eigenvalue weighted by molar-refractivity contribution is 7.17. The van der Waals surface area contributed by atoms with Gasteiger partial charge in [-0.3, -0.25) is 0 Å². The van der Waals surface area contributed by atoms with Crippen LogP contribution in [0.1, 0.15) is 28.9 Å². The summed E-state index contributed by atoms with van der Waals surface area (Å²) in [7, 11) is 0. The lowest BCUT2D eigenvalue weighted by atomic mass is 10.1. The Labute approximate surface area is 103 Å². The van der Waals surface area contributed by atoms with E-state index < -0.39 is 5.97 Å². The third-order valence-electron chi connectivity index (χ3n) is 3.25. The molecule has 92 valence electrons. The molecule has 6 heteroatoms. The Bertz CT molecular complexity index is 430. The molecule has 0 radical (unpaired) electrons. The SMILES string of the molecule is O=C(O)c1cnc(NC2CCOC2C2CC2)s1. The van der Waals surface area contributed by atoms with E-state index in [0.717, 1.165) is 13.0 Å². The molecular weight excluding hydrogens is 240 g/mol. The van der Waals surface area contributed by atoms with Gasteiger partial charge in [-0.15, -0.1) is 0 Å². The fourth-order valence-corrected chi connectivity index (χ4v) is 2.97. The van der Waals surface area contributed by atoms with Gasteiger partial charge in [0.1, 0.15) is 4.88 Å². The number of aromatic nitrogens is 1. The number of anilines is 1. The van der Waals surface area contributed by atoms with E-state index >= 15 is 0 Å². The van der Waals surface area contributed by atoms with E-state index in [1.54, 1.807) is 0 Å². The lowest BCUT2D eigenvalue weighted by Crippen LogP contribution is -2.30. The van der Waals surface area contributed by atoms with Crippen LogP contribution in [-0.2, 0) is 4.74 Å². The highest BCUT2D eigenvalue weighted by atomic mass is 32.1. The van der Waals surface area contributed by atoms with Crippen LogP contribution in [0.3, 0.4) is 0 Å². The number of aromatic carboxylic acids is 1. The van der Waals surface area contributed by atoms with E-state index in [9.17, 15) is 4.79 Å². The molecule has 0 amide bonds. The Morgan fingerprint density at radius 3 is 3.00 bits per heavy atom. The van der Waals surface area contributed by atoms with Gasteiger partial charge in [-0.05, 0) is 25.2 Å². The average molecular weight is 254 g/mol. The highest BCUT2D eigenvalue weighted by Crippen LogP contribution is 2.39. The second-order valence-electron chi connectivity index (χ2n) is 4.55. The molecule has 1 aliphatic carbocycles. The first kappa shape index (κ1) is 11.0. The quantitative estimate of drug-likeness (QED) is 0.857. The largest absolute Gasteiger partial charge is 0.477 e. The van der Waals surface area contributed by atoms with E-state index in [0.29, 0.717) is 11.0 Å². The fraction of sp³-hybridized carbons (Fsp3) is 0.636. The molecule has 2 N–H and O–H groups in total. The van der Waals surface area contributed by atoms with Gasteiger partial charge in [0.05, 0.1) is 18.3 Å². The first-order valence-corrected chi connectivity index (χ1v) is 6.63. The standard InChI is InChI=1S/C11H14N2O3S/c14-10(15)8-5-12-11(17-8)13-7-3-4-16-9(7)6-1-2-6/h5-7,9H,1-4H2,(H,12,13)(H,14,15). The average Bonchev–Trinajstić information content (AvgIpc) is 2.86. The topological polar surface area (TPSA) is 71.5 Å². The van der Waals surface area contributed by atoms with Crippen LogP contribution in [0.5, 0.6) is 0 Å². The molecule has 1 aromatic heterocycles. The van der Waals surface area contributed by atoms with Gasteiger partial charge < -0.3 is 15.2 Å². The van der Waals surface area contributed by atoms with Crippen molar-refractivity contribution >= 4 is 22.4 Å². The summed E-state index contributed by atoms with van der Waals surface area (Å²) in [5.41, 5.74) is 0. The van der Waals surface area contributed by atoms with Crippen LogP contribution in [0, 0.1) is 5.92 Å². The Balaban J connectivity index is 1.66. The van der Waals surface area contributed by atoms with Crippen molar-refractivity contribution < 1.29 is 14.6 Å². The zero-order valence-corrected chi connectivity index (χ0v) is 10.1. The summed E-state index contributed by atoms with van der Waals surface area (Å²) >= 11 is 1.18. The van der Waals surface area contributed by atoms with Crippen LogP contribution in [0.2, 0.25) is 0 Å². The smallest absolute Gasteiger partial charge is 0.347 e. The van der Waals surface area contributed by atoms with Crippen LogP contribution < -0.4 is 5.32 Å². The van der Waals surface area contributed by atoms with Crippen LogP contribution in [-0.4, -0.2) is 34.8 Å². The molecular formula is C11H14N2O3S. The van der Waals surface area contributed by atoms with E-state index in [2.05, 4.69) is 10.3 Å². The van der Waals surface area contributed by atoms with Gasteiger partial charge >= 0.3 is 5.97 Å². The molecule has 1 aliphatic heterocycles. The van der Waals surface area contributed by atoms with Gasteiger partial charge in [-0.1, -0.05) is 11.3 Å². The van der Waals surface area contributed by atoms with Gasteiger partial charge in [0.2, 0.25) is 0 Å². The zero-order chi connectivity index (χ0) is 11.8. The fourth-order valence-electron chi connectivity index (χ4n) is 2.25. The normalized spacial score (nSPS) is 28.2. The van der Waals surface area contributed by atoms with Crippen molar-refractivity contribution in [2.45, 2.75) is 31.4 Å². The number of thiazole rings is 1. The highest BCUT2D eigenvalue weighted by Gasteiger charge is 2.40.